The number of nitrogens with zero attached hydrogens (tertiary/aromatic N) is 1. The summed E-state index contributed by atoms with van der Waals surface area (Å²) in [4.78, 5) is 54.3. The van der Waals surface area contributed by atoms with E-state index >= 15 is 0 Å². The zero-order valence-electron chi connectivity index (χ0n) is 27.5. The largest absolute Gasteiger partial charge is 0.490 e. The van der Waals surface area contributed by atoms with Gasteiger partial charge in [0.1, 0.15) is 0 Å². The highest BCUT2D eigenvalue weighted by Crippen LogP contribution is 2.14. The van der Waals surface area contributed by atoms with Gasteiger partial charge in [-0.25, -0.2) is 14.4 Å². The second kappa shape index (κ2) is 29.6. The van der Waals surface area contributed by atoms with Crippen molar-refractivity contribution < 1.29 is 83.9 Å². The fraction of sp³-hybridized carbons (Fsp3) is 0.769. The topological polar surface area (TPSA) is 293 Å². The number of alkyl halides is 9. The predicted octanol–water partition coefficient (Wildman–Crippen LogP) is 1.20. The molecule has 51 heavy (non-hydrogen) atoms. The smallest absolute Gasteiger partial charge is 0.475 e. The van der Waals surface area contributed by atoms with E-state index in [1.165, 1.54) is 0 Å². The first kappa shape index (κ1) is 53.7. The number of hydrogen-bond donors (Lipinski definition) is 10. The second-order valence-corrected chi connectivity index (χ2v) is 10.0. The van der Waals surface area contributed by atoms with Crippen LogP contribution < -0.4 is 33.2 Å². The summed E-state index contributed by atoms with van der Waals surface area (Å²) in [6.07, 6.45) is -8.37. The highest BCUT2D eigenvalue weighted by molar-refractivity contribution is 6.02. The molecule has 0 aromatic rings. The van der Waals surface area contributed by atoms with Gasteiger partial charge in [0.2, 0.25) is 6.10 Å². The van der Waals surface area contributed by atoms with Crippen LogP contribution in [-0.4, -0.2) is 120 Å². The van der Waals surface area contributed by atoms with E-state index in [-0.39, 0.29) is 12.0 Å². The van der Waals surface area contributed by atoms with Gasteiger partial charge < -0.3 is 53.6 Å². The third kappa shape index (κ3) is 42.0. The van der Waals surface area contributed by atoms with Gasteiger partial charge in [-0.3, -0.25) is 14.6 Å². The normalized spacial score (nSPS) is 12.2. The number of hydrogen-bond acceptors (Lipinski definition) is 9. The molecule has 0 heterocycles. The molecule has 0 saturated heterocycles. The maximum absolute atomic E-state index is 11.8. The quantitative estimate of drug-likeness (QED) is 0.0291. The van der Waals surface area contributed by atoms with Crippen molar-refractivity contribution in [3.8, 4) is 0 Å². The number of guanidine groups is 1. The molecule has 16 nitrogen and oxygen atoms in total. The molecule has 302 valence electrons. The Balaban J connectivity index is -0.000000421. The van der Waals surface area contributed by atoms with E-state index in [9.17, 15) is 54.2 Å². The molecule has 0 aliphatic carbocycles. The maximum atomic E-state index is 11.8. The molecule has 0 rings (SSSR count). The van der Waals surface area contributed by atoms with Crippen LogP contribution in [0.4, 0.5) is 39.5 Å². The number of nitrogens with one attached hydrogen (secondary N) is 3. The van der Waals surface area contributed by atoms with Gasteiger partial charge in [0.15, 0.2) is 5.96 Å². The number of carboxylic acid groups (broad SMARTS) is 3. The number of aliphatic imine (C=N–C) groups is 1. The molecule has 0 aliphatic heterocycles. The van der Waals surface area contributed by atoms with Crippen LogP contribution in [0.3, 0.4) is 0 Å². The van der Waals surface area contributed by atoms with Crippen molar-refractivity contribution >= 4 is 35.7 Å². The minimum absolute atomic E-state index is 0.127. The van der Waals surface area contributed by atoms with Crippen molar-refractivity contribution in [2.75, 3.05) is 32.7 Å². The zero-order chi connectivity index (χ0) is 40.8. The van der Waals surface area contributed by atoms with E-state index in [0.717, 1.165) is 70.9 Å². The Morgan fingerprint density at radius 3 is 1.25 bits per heavy atom. The summed E-state index contributed by atoms with van der Waals surface area (Å²) in [5, 5.41) is 39.6. The van der Waals surface area contributed by atoms with Crippen molar-refractivity contribution in [2.45, 2.75) is 95.4 Å². The van der Waals surface area contributed by atoms with Gasteiger partial charge in [-0.1, -0.05) is 25.7 Å². The standard InChI is InChI=1S/C20H43N7O3.3C2HF3O2/c1-16(21)10-15-24-11-8-9-13-26-19(30)17(28)18(29)25-12-6-4-2-3-5-7-14-27-20(22)23;3*3-2(4,5)1(6)7/h16-17,24,28H,2-15,21H2,1H3,(H,25,29)(H,26,30)(H4,22,23,27);3*(H,6,7). The van der Waals surface area contributed by atoms with E-state index < -0.39 is 54.4 Å². The third-order valence-electron chi connectivity index (χ3n) is 5.26. The van der Waals surface area contributed by atoms with Gasteiger partial charge in [0, 0.05) is 25.7 Å². The first-order valence-corrected chi connectivity index (χ1v) is 14.8. The number of aliphatic hydroxyl groups is 1. The number of amides is 2. The number of carboxylic acids is 3. The van der Waals surface area contributed by atoms with Crippen molar-refractivity contribution in [1.82, 2.24) is 16.0 Å². The number of carbonyl (C=O) groups excluding carboxylic acids is 2. The number of rotatable bonds is 19. The Morgan fingerprint density at radius 1 is 0.608 bits per heavy atom. The third-order valence-corrected chi connectivity index (χ3v) is 5.26. The predicted molar refractivity (Wildman–Crippen MR) is 162 cm³/mol. The fourth-order valence-corrected chi connectivity index (χ4v) is 2.72. The van der Waals surface area contributed by atoms with Gasteiger partial charge in [0.05, 0.1) is 0 Å². The minimum Gasteiger partial charge on any atom is -0.475 e. The average Bonchev–Trinajstić information content (AvgIpc) is 2.98. The molecule has 0 radical (unpaired) electrons. The number of unbranched alkanes of at least 4 members (excludes halogenated alkanes) is 6. The van der Waals surface area contributed by atoms with Crippen LogP contribution in [-0.2, 0) is 24.0 Å². The molecule has 0 aromatic carbocycles. The van der Waals surface area contributed by atoms with E-state index in [2.05, 4.69) is 20.9 Å². The Kier molecular flexibility index (Phi) is 31.1. The van der Waals surface area contributed by atoms with E-state index in [1.54, 1.807) is 0 Å². The van der Waals surface area contributed by atoms with Crippen molar-refractivity contribution in [3.05, 3.63) is 0 Å². The fourth-order valence-electron chi connectivity index (χ4n) is 2.72. The molecule has 0 aromatic heterocycles. The zero-order valence-corrected chi connectivity index (χ0v) is 27.5. The summed E-state index contributed by atoms with van der Waals surface area (Å²) in [6, 6.07) is 0.192. The lowest BCUT2D eigenvalue weighted by molar-refractivity contribution is -0.193. The van der Waals surface area contributed by atoms with Crippen LogP contribution in [0.15, 0.2) is 4.99 Å². The summed E-state index contributed by atoms with van der Waals surface area (Å²) < 4.78 is 95.2. The summed E-state index contributed by atoms with van der Waals surface area (Å²) >= 11 is 0. The molecule has 2 unspecified atom stereocenters. The van der Waals surface area contributed by atoms with E-state index in [1.807, 2.05) is 6.92 Å². The molecular formula is C26H46F9N7O9. The maximum Gasteiger partial charge on any atom is 0.490 e. The summed E-state index contributed by atoms with van der Waals surface area (Å²) in [5.74, 6) is -9.45. The van der Waals surface area contributed by atoms with E-state index in [4.69, 9.17) is 46.9 Å². The van der Waals surface area contributed by atoms with Gasteiger partial charge in [-0.15, -0.1) is 0 Å². The number of aliphatic hydroxyl groups excluding tert-OH is 1. The molecule has 0 spiro atoms. The van der Waals surface area contributed by atoms with Crippen LogP contribution >= 0.6 is 0 Å². The molecular weight excluding hydrogens is 725 g/mol. The molecule has 2 atom stereocenters. The van der Waals surface area contributed by atoms with Crippen LogP contribution in [0.2, 0.25) is 0 Å². The van der Waals surface area contributed by atoms with Crippen molar-refractivity contribution in [2.24, 2.45) is 22.2 Å². The monoisotopic (exact) mass is 771 g/mol. The minimum atomic E-state index is -5.08. The lowest BCUT2D eigenvalue weighted by Crippen LogP contribution is -2.46. The lowest BCUT2D eigenvalue weighted by atomic mass is 10.1. The molecule has 0 fully saturated rings. The van der Waals surface area contributed by atoms with Gasteiger partial charge in [-0.05, 0) is 52.1 Å². The van der Waals surface area contributed by atoms with E-state index in [0.29, 0.717) is 19.6 Å². The van der Waals surface area contributed by atoms with Crippen LogP contribution in [0.1, 0.15) is 64.7 Å². The summed E-state index contributed by atoms with van der Waals surface area (Å²) in [7, 11) is 0. The summed E-state index contributed by atoms with van der Waals surface area (Å²) in [6.45, 7) is 5.23. The van der Waals surface area contributed by atoms with Crippen molar-refractivity contribution in [3.63, 3.8) is 0 Å². The van der Waals surface area contributed by atoms with Crippen LogP contribution in [0.5, 0.6) is 0 Å². The molecule has 13 N–H and O–H groups in total. The first-order valence-electron chi connectivity index (χ1n) is 14.8. The molecule has 0 saturated carbocycles. The number of halogens is 9. The number of carbonyl (C=O) groups is 5. The Bertz CT molecular complexity index is 969. The lowest BCUT2D eigenvalue weighted by Gasteiger charge is -2.12. The first-order chi connectivity index (χ1) is 23.2. The Morgan fingerprint density at radius 2 is 0.922 bits per heavy atom. The number of nitrogens with two attached hydrogens (primary N) is 3. The number of aliphatic carboxylic acids is 3. The average molecular weight is 772 g/mol. The molecule has 2 amide bonds. The summed E-state index contributed by atoms with van der Waals surface area (Å²) in [5.41, 5.74) is 16.2. The molecule has 0 aliphatic rings. The van der Waals surface area contributed by atoms with Gasteiger partial charge >= 0.3 is 36.4 Å². The van der Waals surface area contributed by atoms with Gasteiger partial charge in [0.25, 0.3) is 11.8 Å². The van der Waals surface area contributed by atoms with Crippen molar-refractivity contribution in [1.29, 1.82) is 0 Å². The SMILES string of the molecule is CC(N)CCNCCCCNC(=O)C(O)C(=O)NCCCCCCCCN=C(N)N.O=C(O)C(F)(F)F.O=C(O)C(F)(F)F.O=C(O)C(F)(F)F. The van der Waals surface area contributed by atoms with Crippen LogP contribution in [0, 0.1) is 0 Å². The molecule has 25 heteroatoms. The molecule has 0 bridgehead atoms. The highest BCUT2D eigenvalue weighted by atomic mass is 19.4. The second-order valence-electron chi connectivity index (χ2n) is 10.0. The highest BCUT2D eigenvalue weighted by Gasteiger charge is 2.39. The van der Waals surface area contributed by atoms with Gasteiger partial charge in [-0.2, -0.15) is 39.5 Å². The Labute approximate surface area is 286 Å². The Hall–Kier alpha value is -4.13. The van der Waals surface area contributed by atoms with Crippen LogP contribution in [0.25, 0.3) is 0 Å².